The molecule has 0 radical (unpaired) electrons. The zero-order valence-electron chi connectivity index (χ0n) is 10.4. The maximum atomic E-state index is 10.6. The average Bonchev–Trinajstić information content (AvgIpc) is 2.72. The van der Waals surface area contributed by atoms with Crippen LogP contribution in [-0.4, -0.2) is 40.2 Å². The van der Waals surface area contributed by atoms with Crippen LogP contribution in [-0.2, 0) is 4.74 Å². The van der Waals surface area contributed by atoms with Crippen LogP contribution in [0.5, 0.6) is 0 Å². The van der Waals surface area contributed by atoms with E-state index in [2.05, 4.69) is 5.32 Å². The van der Waals surface area contributed by atoms with E-state index in [4.69, 9.17) is 9.84 Å². The minimum Gasteiger partial charge on any atom is -0.394 e. The number of aryl methyl sites for hydroxylation is 1. The molecule has 19 heavy (non-hydrogen) atoms. The maximum absolute atomic E-state index is 10.6. The Bertz CT molecular complexity index is 479. The zero-order chi connectivity index (χ0) is 14.0. The highest BCUT2D eigenvalue weighted by molar-refractivity contribution is 5.55. The molecule has 7 heteroatoms. The van der Waals surface area contributed by atoms with Crippen LogP contribution in [0.1, 0.15) is 12.0 Å². The first-order chi connectivity index (χ1) is 9.01. The third-order valence-electron chi connectivity index (χ3n) is 3.14. The number of nitro benzene ring substituents is 1. The van der Waals surface area contributed by atoms with Gasteiger partial charge in [0.1, 0.15) is 12.3 Å². The Hall–Kier alpha value is -1.70. The standard InChI is InChI=1S/C12H16N2O5/c1-7-4-8(14(17)18)2-3-9(7)13-12-5-10(16)11(6-15)19-12/h2-4,10-13,15-16H,5-6H2,1H3/t10-,11+,12-/m1/s1. The van der Waals surface area contributed by atoms with Gasteiger partial charge in [-0.1, -0.05) is 0 Å². The van der Waals surface area contributed by atoms with Gasteiger partial charge in [-0.25, -0.2) is 0 Å². The first kappa shape index (κ1) is 13.7. The van der Waals surface area contributed by atoms with Crippen molar-refractivity contribution >= 4 is 11.4 Å². The van der Waals surface area contributed by atoms with Gasteiger partial charge in [-0.15, -0.1) is 0 Å². The van der Waals surface area contributed by atoms with Crippen LogP contribution >= 0.6 is 0 Å². The van der Waals surface area contributed by atoms with Crippen molar-refractivity contribution in [1.29, 1.82) is 0 Å². The zero-order valence-corrected chi connectivity index (χ0v) is 10.4. The quantitative estimate of drug-likeness (QED) is 0.550. The van der Waals surface area contributed by atoms with Crippen LogP contribution in [0.4, 0.5) is 11.4 Å². The molecular formula is C12H16N2O5. The van der Waals surface area contributed by atoms with Crippen molar-refractivity contribution < 1.29 is 19.9 Å². The molecule has 3 N–H and O–H groups in total. The van der Waals surface area contributed by atoms with Gasteiger partial charge in [0.05, 0.1) is 17.6 Å². The summed E-state index contributed by atoms with van der Waals surface area (Å²) in [6, 6.07) is 4.48. The highest BCUT2D eigenvalue weighted by atomic mass is 16.6. The molecule has 0 bridgehead atoms. The topological polar surface area (TPSA) is 105 Å². The van der Waals surface area contributed by atoms with Crippen LogP contribution in [0.3, 0.4) is 0 Å². The summed E-state index contributed by atoms with van der Waals surface area (Å²) in [4.78, 5) is 10.2. The van der Waals surface area contributed by atoms with Crippen LogP contribution in [0.15, 0.2) is 18.2 Å². The number of non-ortho nitro benzene ring substituents is 1. The fourth-order valence-electron chi connectivity index (χ4n) is 2.08. The second-order valence-electron chi connectivity index (χ2n) is 4.55. The molecule has 0 aliphatic carbocycles. The van der Waals surface area contributed by atoms with E-state index in [1.54, 1.807) is 13.0 Å². The third kappa shape index (κ3) is 3.01. The normalized spacial score (nSPS) is 26.4. The molecule has 0 aromatic heterocycles. The predicted octanol–water partition coefficient (Wildman–Crippen LogP) is 0.783. The molecule has 1 saturated heterocycles. The van der Waals surface area contributed by atoms with E-state index < -0.39 is 23.4 Å². The van der Waals surface area contributed by atoms with Crippen molar-refractivity contribution in [2.75, 3.05) is 11.9 Å². The Labute approximate surface area is 110 Å². The van der Waals surface area contributed by atoms with E-state index in [0.29, 0.717) is 12.1 Å². The molecule has 0 saturated carbocycles. The van der Waals surface area contributed by atoms with Gasteiger partial charge in [-0.2, -0.15) is 0 Å². The van der Waals surface area contributed by atoms with E-state index in [0.717, 1.165) is 5.56 Å². The Balaban J connectivity index is 2.06. The summed E-state index contributed by atoms with van der Waals surface area (Å²) >= 11 is 0. The van der Waals surface area contributed by atoms with Gasteiger partial charge in [0, 0.05) is 24.2 Å². The van der Waals surface area contributed by atoms with Crippen LogP contribution in [0.2, 0.25) is 0 Å². The molecule has 3 atom stereocenters. The second-order valence-corrected chi connectivity index (χ2v) is 4.55. The summed E-state index contributed by atoms with van der Waals surface area (Å²) < 4.78 is 5.41. The molecule has 0 spiro atoms. The number of nitrogens with one attached hydrogen (secondary N) is 1. The number of nitro groups is 1. The number of hydrogen-bond donors (Lipinski definition) is 3. The molecule has 1 aromatic rings. The number of benzene rings is 1. The van der Waals surface area contributed by atoms with Gasteiger partial charge < -0.3 is 20.3 Å². The van der Waals surface area contributed by atoms with Gasteiger partial charge in [0.15, 0.2) is 0 Å². The molecule has 104 valence electrons. The number of nitrogens with zero attached hydrogens (tertiary/aromatic N) is 1. The van der Waals surface area contributed by atoms with E-state index in [1.165, 1.54) is 12.1 Å². The fourth-order valence-corrected chi connectivity index (χ4v) is 2.08. The largest absolute Gasteiger partial charge is 0.394 e. The molecule has 0 amide bonds. The fraction of sp³-hybridized carbons (Fsp3) is 0.500. The number of aliphatic hydroxyl groups excluding tert-OH is 2. The SMILES string of the molecule is Cc1cc([N+](=O)[O-])ccc1N[C@H]1C[C@@H](O)[C@H](CO)O1. The molecule has 1 aliphatic rings. The van der Waals surface area contributed by atoms with E-state index in [1.807, 2.05) is 0 Å². The van der Waals surface area contributed by atoms with Crippen LogP contribution in [0, 0.1) is 17.0 Å². The lowest BCUT2D eigenvalue weighted by atomic mass is 10.1. The highest BCUT2D eigenvalue weighted by Gasteiger charge is 2.33. The summed E-state index contributed by atoms with van der Waals surface area (Å²) in [6.45, 7) is 1.52. The number of aliphatic hydroxyl groups is 2. The molecule has 1 heterocycles. The van der Waals surface area contributed by atoms with E-state index in [9.17, 15) is 15.2 Å². The van der Waals surface area contributed by atoms with Crippen molar-refractivity contribution in [3.05, 3.63) is 33.9 Å². The van der Waals surface area contributed by atoms with Crippen molar-refractivity contribution in [2.24, 2.45) is 0 Å². The molecule has 1 aliphatic heterocycles. The summed E-state index contributed by atoms with van der Waals surface area (Å²) in [5.74, 6) is 0. The van der Waals surface area contributed by atoms with E-state index >= 15 is 0 Å². The monoisotopic (exact) mass is 268 g/mol. The Morgan fingerprint density at radius 2 is 2.32 bits per heavy atom. The van der Waals surface area contributed by atoms with Gasteiger partial charge in [-0.05, 0) is 18.6 Å². The number of ether oxygens (including phenoxy) is 1. The first-order valence-electron chi connectivity index (χ1n) is 5.97. The second kappa shape index (κ2) is 5.52. The lowest BCUT2D eigenvalue weighted by molar-refractivity contribution is -0.384. The molecule has 1 aromatic carbocycles. The highest BCUT2D eigenvalue weighted by Crippen LogP contribution is 2.26. The average molecular weight is 268 g/mol. The molecule has 1 fully saturated rings. The first-order valence-corrected chi connectivity index (χ1v) is 5.97. The smallest absolute Gasteiger partial charge is 0.269 e. The Kier molecular flexibility index (Phi) is 3.98. The van der Waals surface area contributed by atoms with Gasteiger partial charge in [-0.3, -0.25) is 10.1 Å². The van der Waals surface area contributed by atoms with Crippen LogP contribution in [0.25, 0.3) is 0 Å². The van der Waals surface area contributed by atoms with Crippen molar-refractivity contribution in [2.45, 2.75) is 31.8 Å². The number of hydrogen-bond acceptors (Lipinski definition) is 6. The van der Waals surface area contributed by atoms with Crippen LogP contribution < -0.4 is 5.32 Å². The van der Waals surface area contributed by atoms with Gasteiger partial charge in [0.2, 0.25) is 0 Å². The van der Waals surface area contributed by atoms with Gasteiger partial charge >= 0.3 is 0 Å². The maximum Gasteiger partial charge on any atom is 0.269 e. The molecular weight excluding hydrogens is 252 g/mol. The summed E-state index contributed by atoms with van der Waals surface area (Å²) in [7, 11) is 0. The molecule has 0 unspecified atom stereocenters. The van der Waals surface area contributed by atoms with Crippen molar-refractivity contribution in [3.63, 3.8) is 0 Å². The Morgan fingerprint density at radius 3 is 2.84 bits per heavy atom. The number of anilines is 1. The van der Waals surface area contributed by atoms with Crippen molar-refractivity contribution in [3.8, 4) is 0 Å². The lowest BCUT2D eigenvalue weighted by Crippen LogP contribution is -2.25. The lowest BCUT2D eigenvalue weighted by Gasteiger charge is -2.16. The van der Waals surface area contributed by atoms with E-state index in [-0.39, 0.29) is 12.3 Å². The summed E-state index contributed by atoms with van der Waals surface area (Å²) in [5.41, 5.74) is 1.46. The van der Waals surface area contributed by atoms with Crippen molar-refractivity contribution in [1.82, 2.24) is 0 Å². The summed E-state index contributed by atoms with van der Waals surface area (Å²) in [6.07, 6.45) is -1.34. The predicted molar refractivity (Wildman–Crippen MR) is 67.8 cm³/mol. The molecule has 2 rings (SSSR count). The molecule has 7 nitrogen and oxygen atoms in total. The minimum atomic E-state index is -0.708. The van der Waals surface area contributed by atoms with Gasteiger partial charge in [0.25, 0.3) is 5.69 Å². The Morgan fingerprint density at radius 1 is 1.58 bits per heavy atom. The number of rotatable bonds is 4. The summed E-state index contributed by atoms with van der Waals surface area (Å²) in [5, 5.41) is 32.3. The third-order valence-corrected chi connectivity index (χ3v) is 3.14. The minimum absolute atomic E-state index is 0.0312.